The second kappa shape index (κ2) is 10.3. The Balaban J connectivity index is 1.59. The average molecular weight is 712 g/mol. The summed E-state index contributed by atoms with van der Waals surface area (Å²) in [6, 6.07) is 5.63. The van der Waals surface area contributed by atoms with E-state index in [0.717, 1.165) is 48.9 Å². The van der Waals surface area contributed by atoms with Crippen LogP contribution in [0.1, 0.15) is 137 Å². The maximum atomic E-state index is 13.5. The molecule has 1 aliphatic heterocycles. The summed E-state index contributed by atoms with van der Waals surface area (Å²) < 4.78 is 55.3. The lowest BCUT2D eigenvalue weighted by Crippen LogP contribution is -2.46. The van der Waals surface area contributed by atoms with E-state index in [0.29, 0.717) is 0 Å². The lowest BCUT2D eigenvalue weighted by Gasteiger charge is -2.51. The standard InChI is InChI=1S/C34H45F3INO2Si/c1-20(2)29-27-28(26-23(39-29)18-32(15-9-16-32)19-24(26)41-42(6,7)31(3,4)5)33(17-8-10-25(33)38)40-30(27)21-11-13-22(14-12-21)34(35,36)37/h11-14,20,24-25,30H,8-10,15-19H2,1-7H3/t24-,25?,30+,33?/m0/s1. The van der Waals surface area contributed by atoms with Crippen LogP contribution in [0.25, 0.3) is 0 Å². The van der Waals surface area contributed by atoms with Crippen LogP contribution in [0, 0.1) is 5.41 Å². The molecule has 4 aliphatic rings. The number of hydrogen-bond donors (Lipinski definition) is 0. The molecule has 2 fully saturated rings. The zero-order valence-electron chi connectivity index (χ0n) is 26.1. The third-order valence-corrected chi connectivity index (χ3v) is 17.2. The van der Waals surface area contributed by atoms with E-state index in [1.54, 1.807) is 12.1 Å². The molecular weight excluding hydrogens is 666 g/mol. The molecule has 42 heavy (non-hydrogen) atoms. The normalized spacial score (nSPS) is 28.8. The summed E-state index contributed by atoms with van der Waals surface area (Å²) in [7, 11) is -2.13. The van der Waals surface area contributed by atoms with Gasteiger partial charge in [0.2, 0.25) is 0 Å². The van der Waals surface area contributed by atoms with Crippen LogP contribution in [0.4, 0.5) is 13.2 Å². The predicted octanol–water partition coefficient (Wildman–Crippen LogP) is 10.7. The fraction of sp³-hybridized carbons (Fsp3) is 0.676. The minimum atomic E-state index is -4.37. The molecule has 0 N–H and O–H groups in total. The number of nitrogens with zero attached hydrogens (tertiary/aromatic N) is 1. The van der Waals surface area contributed by atoms with E-state index in [1.807, 2.05) is 0 Å². The van der Waals surface area contributed by atoms with Crippen molar-refractivity contribution in [2.24, 2.45) is 5.41 Å². The molecule has 6 rings (SSSR count). The van der Waals surface area contributed by atoms with Crippen LogP contribution in [0.2, 0.25) is 18.1 Å². The molecule has 2 unspecified atom stereocenters. The van der Waals surface area contributed by atoms with Gasteiger partial charge in [-0.3, -0.25) is 4.98 Å². The molecule has 3 nitrogen and oxygen atoms in total. The van der Waals surface area contributed by atoms with Gasteiger partial charge < -0.3 is 9.16 Å². The van der Waals surface area contributed by atoms with Crippen molar-refractivity contribution in [3.05, 3.63) is 63.5 Å². The lowest BCUT2D eigenvalue weighted by atomic mass is 9.59. The molecule has 2 spiro atoms. The number of ether oxygens (including phenoxy) is 1. The zero-order valence-corrected chi connectivity index (χ0v) is 29.2. The number of aromatic nitrogens is 1. The molecule has 0 amide bonds. The van der Waals surface area contributed by atoms with Gasteiger partial charge in [0.05, 0.1) is 11.7 Å². The second-order valence-corrected chi connectivity index (χ2v) is 21.5. The van der Waals surface area contributed by atoms with Crippen LogP contribution in [0.3, 0.4) is 0 Å². The van der Waals surface area contributed by atoms with Gasteiger partial charge in [-0.05, 0) is 92.1 Å². The smallest absolute Gasteiger partial charge is 0.410 e. The average Bonchev–Trinajstić information content (AvgIpc) is 3.41. The summed E-state index contributed by atoms with van der Waals surface area (Å²) in [6.45, 7) is 16.0. The molecule has 2 heterocycles. The van der Waals surface area contributed by atoms with Gasteiger partial charge in [0, 0.05) is 32.0 Å². The minimum absolute atomic E-state index is 0.0339. The first kappa shape index (κ1) is 31.0. The van der Waals surface area contributed by atoms with E-state index in [1.165, 1.54) is 48.2 Å². The molecule has 2 aromatic rings. The summed E-state index contributed by atoms with van der Waals surface area (Å²) in [5.74, 6) is 0.160. The highest BCUT2D eigenvalue weighted by Crippen LogP contribution is 2.63. The van der Waals surface area contributed by atoms with Gasteiger partial charge in [-0.1, -0.05) is 75.8 Å². The number of hydrogen-bond acceptors (Lipinski definition) is 3. The maximum absolute atomic E-state index is 13.5. The van der Waals surface area contributed by atoms with Crippen molar-refractivity contribution in [3.63, 3.8) is 0 Å². The zero-order chi connectivity index (χ0) is 30.5. The Morgan fingerprint density at radius 2 is 1.69 bits per heavy atom. The van der Waals surface area contributed by atoms with Crippen LogP contribution >= 0.6 is 22.6 Å². The van der Waals surface area contributed by atoms with Gasteiger partial charge in [0.1, 0.15) is 11.7 Å². The van der Waals surface area contributed by atoms with Gasteiger partial charge >= 0.3 is 6.18 Å². The number of benzene rings is 1. The number of alkyl halides is 4. The lowest BCUT2D eigenvalue weighted by molar-refractivity contribution is -0.137. The Morgan fingerprint density at radius 1 is 1.02 bits per heavy atom. The predicted molar refractivity (Wildman–Crippen MR) is 172 cm³/mol. The van der Waals surface area contributed by atoms with Crippen molar-refractivity contribution in [2.45, 2.75) is 138 Å². The van der Waals surface area contributed by atoms with E-state index in [9.17, 15) is 13.2 Å². The summed E-state index contributed by atoms with van der Waals surface area (Å²) in [5, 5.41) is 0.0714. The highest BCUT2D eigenvalue weighted by molar-refractivity contribution is 14.1. The molecule has 0 radical (unpaired) electrons. The fourth-order valence-electron chi connectivity index (χ4n) is 7.70. The molecule has 2 saturated carbocycles. The summed E-state index contributed by atoms with van der Waals surface area (Å²) in [6.07, 6.45) is 3.92. The van der Waals surface area contributed by atoms with Crippen molar-refractivity contribution < 1.29 is 22.3 Å². The van der Waals surface area contributed by atoms with Gasteiger partial charge in [-0.25, -0.2) is 0 Å². The molecule has 230 valence electrons. The van der Waals surface area contributed by atoms with E-state index < -0.39 is 31.8 Å². The molecule has 8 heteroatoms. The van der Waals surface area contributed by atoms with Crippen molar-refractivity contribution >= 4 is 30.9 Å². The first-order valence-corrected chi connectivity index (χ1v) is 19.9. The second-order valence-electron chi connectivity index (χ2n) is 15.3. The number of halogens is 4. The van der Waals surface area contributed by atoms with Gasteiger partial charge in [0.25, 0.3) is 0 Å². The molecule has 1 aromatic carbocycles. The van der Waals surface area contributed by atoms with Crippen LogP contribution in [0.5, 0.6) is 0 Å². The minimum Gasteiger partial charge on any atom is -0.410 e. The van der Waals surface area contributed by atoms with Crippen molar-refractivity contribution in [1.29, 1.82) is 0 Å². The summed E-state index contributed by atoms with van der Waals surface area (Å²) >= 11 is 2.58. The van der Waals surface area contributed by atoms with Crippen LogP contribution < -0.4 is 0 Å². The topological polar surface area (TPSA) is 31.4 Å². The van der Waals surface area contributed by atoms with Crippen LogP contribution in [-0.4, -0.2) is 17.2 Å². The number of rotatable bonds is 4. The van der Waals surface area contributed by atoms with Crippen molar-refractivity contribution in [1.82, 2.24) is 4.98 Å². The number of pyridine rings is 1. The quantitative estimate of drug-likeness (QED) is 0.180. The van der Waals surface area contributed by atoms with E-state index in [-0.39, 0.29) is 26.4 Å². The van der Waals surface area contributed by atoms with Gasteiger partial charge in [0.15, 0.2) is 8.32 Å². The maximum Gasteiger partial charge on any atom is 0.416 e. The molecule has 0 saturated heterocycles. The van der Waals surface area contributed by atoms with Crippen molar-refractivity contribution in [2.75, 3.05) is 0 Å². The Bertz CT molecular complexity index is 1360. The van der Waals surface area contributed by atoms with Gasteiger partial charge in [-0.2, -0.15) is 13.2 Å². The van der Waals surface area contributed by atoms with E-state index in [2.05, 4.69) is 70.3 Å². The first-order chi connectivity index (χ1) is 19.5. The van der Waals surface area contributed by atoms with Crippen LogP contribution in [0.15, 0.2) is 24.3 Å². The summed E-state index contributed by atoms with van der Waals surface area (Å²) in [5.41, 5.74) is 5.78. The molecule has 1 aromatic heterocycles. The van der Waals surface area contributed by atoms with Gasteiger partial charge in [-0.15, -0.1) is 0 Å². The molecule has 4 atom stereocenters. The Labute approximate surface area is 264 Å². The van der Waals surface area contributed by atoms with Crippen LogP contribution in [-0.2, 0) is 27.4 Å². The Hall–Kier alpha value is -0.973. The highest BCUT2D eigenvalue weighted by atomic mass is 127. The summed E-state index contributed by atoms with van der Waals surface area (Å²) in [4.78, 5) is 5.49. The first-order valence-electron chi connectivity index (χ1n) is 15.7. The molecular formula is C34H45F3INO2Si. The highest BCUT2D eigenvalue weighted by Gasteiger charge is 2.58. The number of fused-ring (bicyclic) bond motifs is 4. The Morgan fingerprint density at radius 3 is 2.19 bits per heavy atom. The molecule has 0 bridgehead atoms. The van der Waals surface area contributed by atoms with Crippen molar-refractivity contribution in [3.8, 4) is 0 Å². The van der Waals surface area contributed by atoms with E-state index in [4.69, 9.17) is 14.1 Å². The van der Waals surface area contributed by atoms with E-state index >= 15 is 0 Å². The third kappa shape index (κ3) is 4.93. The largest absolute Gasteiger partial charge is 0.416 e. The monoisotopic (exact) mass is 711 g/mol. The molecule has 3 aliphatic carbocycles. The third-order valence-electron chi connectivity index (χ3n) is 11.1. The Kier molecular flexibility index (Phi) is 7.59. The fourth-order valence-corrected chi connectivity index (χ4v) is 10.2. The SMILES string of the molecule is CC(C)c1nc2c(c3c1[C@@H](c1ccc(C(F)(F)F)cc1)OC31CCCC1I)[C@@H](O[Si](C)(C)C(C)(C)C)CC1(CCC1)C2.